The normalized spacial score (nSPS) is 16.4. The smallest absolute Gasteiger partial charge is 0.340 e. The molecule has 0 aliphatic carbocycles. The molecule has 210 valence electrons. The van der Waals surface area contributed by atoms with Gasteiger partial charge in [-0.2, -0.15) is 0 Å². The van der Waals surface area contributed by atoms with E-state index < -0.39 is 11.7 Å². The molecule has 5 nitrogen and oxygen atoms in total. The number of pyridine rings is 1. The van der Waals surface area contributed by atoms with Gasteiger partial charge in [-0.05, 0) is 83.8 Å². The largest absolute Gasteiger partial charge is 0.464 e. The first-order valence-electron chi connectivity index (χ1n) is 14.6. The van der Waals surface area contributed by atoms with Gasteiger partial charge >= 0.3 is 5.97 Å². The molecule has 3 rings (SSSR count). The van der Waals surface area contributed by atoms with E-state index in [0.29, 0.717) is 12.0 Å². The van der Waals surface area contributed by atoms with Gasteiger partial charge in [0.25, 0.3) is 0 Å². The number of aromatic nitrogens is 1. The van der Waals surface area contributed by atoms with Gasteiger partial charge in [0.1, 0.15) is 0 Å². The molecule has 1 saturated heterocycles. The van der Waals surface area contributed by atoms with Crippen LogP contribution in [0, 0.1) is 19.3 Å². The van der Waals surface area contributed by atoms with Gasteiger partial charge in [0.15, 0.2) is 6.10 Å². The highest BCUT2D eigenvalue weighted by Gasteiger charge is 2.37. The summed E-state index contributed by atoms with van der Waals surface area (Å²) in [7, 11) is 0. The van der Waals surface area contributed by atoms with Crippen LogP contribution in [0.1, 0.15) is 109 Å². The minimum atomic E-state index is -0.847. The fourth-order valence-corrected chi connectivity index (χ4v) is 5.38. The quantitative estimate of drug-likeness (QED) is 0.233. The summed E-state index contributed by atoms with van der Waals surface area (Å²) in [6.07, 6.45) is 6.13. The van der Waals surface area contributed by atoms with Crippen LogP contribution in [0.25, 0.3) is 11.1 Å². The van der Waals surface area contributed by atoms with Gasteiger partial charge < -0.3 is 14.4 Å². The minimum Gasteiger partial charge on any atom is -0.464 e. The maximum absolute atomic E-state index is 13.4. The van der Waals surface area contributed by atoms with Crippen molar-refractivity contribution in [3.05, 3.63) is 46.8 Å². The molecule has 1 aromatic heterocycles. The van der Waals surface area contributed by atoms with Gasteiger partial charge in [0.05, 0.1) is 17.9 Å². The number of nitrogens with zero attached hydrogens (tertiary/aromatic N) is 2. The number of hydrogen-bond acceptors (Lipinski definition) is 5. The van der Waals surface area contributed by atoms with E-state index in [9.17, 15) is 4.79 Å². The number of ether oxygens (including phenoxy) is 2. The number of carbonyl (C=O) groups excluding carboxylic acids is 1. The molecule has 1 aromatic carbocycles. The van der Waals surface area contributed by atoms with Crippen LogP contribution in [0.4, 0.5) is 5.69 Å². The van der Waals surface area contributed by atoms with Gasteiger partial charge in [-0.3, -0.25) is 4.98 Å². The highest BCUT2D eigenvalue weighted by Crippen LogP contribution is 2.45. The summed E-state index contributed by atoms with van der Waals surface area (Å²) in [5.41, 5.74) is 7.07. The van der Waals surface area contributed by atoms with Crippen molar-refractivity contribution in [1.82, 2.24) is 4.98 Å². The summed E-state index contributed by atoms with van der Waals surface area (Å²) >= 11 is 0. The van der Waals surface area contributed by atoms with Gasteiger partial charge in [0.2, 0.25) is 0 Å². The second-order valence-electron chi connectivity index (χ2n) is 12.6. The summed E-state index contributed by atoms with van der Waals surface area (Å²) in [5.74, 6) is -0.355. The Kier molecular flexibility index (Phi) is 10.0. The maximum atomic E-state index is 13.4. The fraction of sp³-hybridized carbons (Fsp3) is 0.636. The molecular weight excluding hydrogens is 472 g/mol. The topological polar surface area (TPSA) is 51.7 Å². The van der Waals surface area contributed by atoms with Gasteiger partial charge in [-0.25, -0.2) is 4.79 Å². The molecule has 1 atom stereocenters. The highest BCUT2D eigenvalue weighted by molar-refractivity contribution is 5.88. The SMILES string of the molecule is CCCCCc1ccc(-c2c(C)nc(C)c([C@H](OC(C)(C)C)C(=O)OCC)c2N2CCC(C)(C)CC2)cc1. The Labute approximate surface area is 231 Å². The summed E-state index contributed by atoms with van der Waals surface area (Å²) in [4.78, 5) is 20.9. The average molecular weight is 523 g/mol. The Balaban J connectivity index is 2.21. The predicted molar refractivity (Wildman–Crippen MR) is 158 cm³/mol. The third-order valence-corrected chi connectivity index (χ3v) is 7.56. The number of anilines is 1. The van der Waals surface area contributed by atoms with Crippen molar-refractivity contribution in [2.75, 3.05) is 24.6 Å². The molecule has 2 aromatic rings. The number of aryl methyl sites for hydroxylation is 3. The van der Waals surface area contributed by atoms with Gasteiger partial charge in [0, 0.05) is 35.6 Å². The summed E-state index contributed by atoms with van der Waals surface area (Å²) in [5, 5.41) is 0. The van der Waals surface area contributed by atoms with E-state index in [1.54, 1.807) is 0 Å². The Morgan fingerprint density at radius 1 is 1.03 bits per heavy atom. The van der Waals surface area contributed by atoms with Crippen LogP contribution in [0.5, 0.6) is 0 Å². The molecule has 38 heavy (non-hydrogen) atoms. The molecule has 0 amide bonds. The summed E-state index contributed by atoms with van der Waals surface area (Å²) < 4.78 is 12.0. The number of piperidine rings is 1. The monoisotopic (exact) mass is 522 g/mol. The van der Waals surface area contributed by atoms with Crippen molar-refractivity contribution < 1.29 is 14.3 Å². The van der Waals surface area contributed by atoms with Crippen molar-refractivity contribution in [3.63, 3.8) is 0 Å². The van der Waals surface area contributed by atoms with Gasteiger partial charge in [-0.1, -0.05) is 57.9 Å². The first kappa shape index (κ1) is 30.1. The van der Waals surface area contributed by atoms with E-state index in [4.69, 9.17) is 14.5 Å². The lowest BCUT2D eigenvalue weighted by atomic mass is 9.81. The van der Waals surface area contributed by atoms with Crippen molar-refractivity contribution in [2.45, 2.75) is 113 Å². The van der Waals surface area contributed by atoms with Crippen LogP contribution >= 0.6 is 0 Å². The second kappa shape index (κ2) is 12.6. The summed E-state index contributed by atoms with van der Waals surface area (Å²) in [6.45, 7) is 21.0. The van der Waals surface area contributed by atoms with Crippen molar-refractivity contribution in [3.8, 4) is 11.1 Å². The number of rotatable bonds is 10. The molecule has 0 N–H and O–H groups in total. The predicted octanol–water partition coefficient (Wildman–Crippen LogP) is 8.14. The zero-order valence-electron chi connectivity index (χ0n) is 25.4. The van der Waals surface area contributed by atoms with E-state index in [0.717, 1.165) is 66.1 Å². The van der Waals surface area contributed by atoms with E-state index in [1.807, 2.05) is 34.6 Å². The van der Waals surface area contributed by atoms with Crippen LogP contribution in [0.3, 0.4) is 0 Å². The third kappa shape index (κ3) is 7.59. The molecular formula is C33H50N2O3. The van der Waals surface area contributed by atoms with Crippen LogP contribution in [0.2, 0.25) is 0 Å². The van der Waals surface area contributed by atoms with E-state index >= 15 is 0 Å². The lowest BCUT2D eigenvalue weighted by Gasteiger charge is -2.41. The molecule has 0 bridgehead atoms. The number of carbonyl (C=O) groups is 1. The zero-order chi connectivity index (χ0) is 28.1. The number of unbranched alkanes of at least 4 members (excludes halogenated alkanes) is 2. The zero-order valence-corrected chi connectivity index (χ0v) is 25.4. The van der Waals surface area contributed by atoms with E-state index in [-0.39, 0.29) is 5.97 Å². The lowest BCUT2D eigenvalue weighted by molar-refractivity contribution is -0.166. The Hall–Kier alpha value is -2.40. The van der Waals surface area contributed by atoms with Gasteiger partial charge in [-0.15, -0.1) is 0 Å². The Bertz CT molecular complexity index is 1070. The molecule has 0 radical (unpaired) electrons. The van der Waals surface area contributed by atoms with Crippen LogP contribution in [0.15, 0.2) is 24.3 Å². The third-order valence-electron chi connectivity index (χ3n) is 7.56. The maximum Gasteiger partial charge on any atom is 0.340 e. The summed E-state index contributed by atoms with van der Waals surface area (Å²) in [6, 6.07) is 8.96. The molecule has 1 aliphatic rings. The highest BCUT2D eigenvalue weighted by atomic mass is 16.6. The molecule has 1 fully saturated rings. The molecule has 2 heterocycles. The average Bonchev–Trinajstić information content (AvgIpc) is 2.83. The van der Waals surface area contributed by atoms with Crippen molar-refractivity contribution in [2.24, 2.45) is 5.41 Å². The number of esters is 1. The number of hydrogen-bond donors (Lipinski definition) is 0. The first-order valence-corrected chi connectivity index (χ1v) is 14.6. The fourth-order valence-electron chi connectivity index (χ4n) is 5.38. The molecule has 0 spiro atoms. The molecule has 0 unspecified atom stereocenters. The van der Waals surface area contributed by atoms with Crippen LogP contribution < -0.4 is 4.90 Å². The van der Waals surface area contributed by atoms with E-state index in [2.05, 4.69) is 56.9 Å². The minimum absolute atomic E-state index is 0.302. The molecule has 0 saturated carbocycles. The van der Waals surface area contributed by atoms with Crippen molar-refractivity contribution >= 4 is 11.7 Å². The Morgan fingerprint density at radius 2 is 1.66 bits per heavy atom. The number of benzene rings is 1. The first-order chi connectivity index (χ1) is 17.9. The van der Waals surface area contributed by atoms with Crippen LogP contribution in [-0.4, -0.2) is 36.3 Å². The van der Waals surface area contributed by atoms with Crippen LogP contribution in [-0.2, 0) is 20.7 Å². The lowest BCUT2D eigenvalue weighted by Crippen LogP contribution is -2.39. The van der Waals surface area contributed by atoms with Crippen molar-refractivity contribution in [1.29, 1.82) is 0 Å². The molecule has 1 aliphatic heterocycles. The van der Waals surface area contributed by atoms with E-state index in [1.165, 1.54) is 24.8 Å². The molecule has 5 heteroatoms. The second-order valence-corrected chi connectivity index (χ2v) is 12.6. The Morgan fingerprint density at radius 3 is 2.21 bits per heavy atom. The standard InChI is InChI=1S/C33H50N2O3/c1-10-12-13-14-25-15-17-26(18-16-25)27-23(3)34-24(4)28(29(27)35-21-19-33(8,9)20-22-35)30(31(36)37-11-2)38-32(5,6)7/h15-18,30H,10-14,19-22H2,1-9H3/t30-/m0/s1.